The maximum atomic E-state index is 8.36. The third kappa shape index (κ3) is 23.2. The minimum Gasteiger partial charge on any atom is -0.394 e. The molecule has 0 aliphatic rings. The largest absolute Gasteiger partial charge is 0.394 e. The lowest BCUT2D eigenvalue weighted by atomic mass is 10.4. The fraction of sp³-hybridized carbons (Fsp3) is 1.00. The molecular weight excluding hydrogens is 268 g/mol. The van der Waals surface area contributed by atoms with Gasteiger partial charge in [0.05, 0.1) is 39.3 Å². The van der Waals surface area contributed by atoms with Gasteiger partial charge in [0.2, 0.25) is 0 Å². The van der Waals surface area contributed by atoms with Crippen molar-refractivity contribution in [2.45, 2.75) is 30.9 Å². The number of rotatable bonds is 8. The molecule has 0 saturated heterocycles. The molecule has 0 saturated carbocycles. The van der Waals surface area contributed by atoms with E-state index in [1.165, 1.54) is 0 Å². The predicted octanol–water partition coefficient (Wildman–Crippen LogP) is -4.62. The third-order valence-electron chi connectivity index (χ3n) is 1.59. The first-order valence-electron chi connectivity index (χ1n) is 5.33. The topological polar surface area (TPSA) is 191 Å². The van der Waals surface area contributed by atoms with Crippen LogP contribution in [0.2, 0.25) is 0 Å². The van der Waals surface area contributed by atoms with Crippen LogP contribution < -0.4 is 0 Å². The molecule has 0 heterocycles. The van der Waals surface area contributed by atoms with Gasteiger partial charge in [0.1, 0.15) is 6.10 Å². The molecule has 0 spiro atoms. The molecule has 0 fully saturated rings. The van der Waals surface area contributed by atoms with Crippen LogP contribution >= 0.6 is 0 Å². The molecule has 0 rings (SSSR count). The molecule has 0 unspecified atom stereocenters. The van der Waals surface area contributed by atoms with Crippen molar-refractivity contribution in [3.63, 3.8) is 0 Å². The maximum Gasteiger partial charge on any atom is 0.277 e. The van der Waals surface area contributed by atoms with Gasteiger partial charge >= 0.3 is 0 Å². The van der Waals surface area contributed by atoms with Gasteiger partial charge in [-0.05, 0) is 0 Å². The molecule has 0 aromatic carbocycles. The molecule has 0 aliphatic carbocycles. The highest BCUT2D eigenvalue weighted by Crippen LogP contribution is 2.03. The zero-order valence-corrected chi connectivity index (χ0v) is 10.3. The Morgan fingerprint density at radius 1 is 0.737 bits per heavy atom. The SMILES string of the molecule is OC(O)(O)CCOCCC(O)(O)O.OCC(O)CO. The van der Waals surface area contributed by atoms with E-state index in [0.29, 0.717) is 0 Å². The first-order chi connectivity index (χ1) is 8.52. The van der Waals surface area contributed by atoms with Crippen LogP contribution in [-0.2, 0) is 4.74 Å². The second kappa shape index (κ2) is 10.4. The van der Waals surface area contributed by atoms with Crippen molar-refractivity contribution >= 4 is 0 Å². The summed E-state index contributed by atoms with van der Waals surface area (Å²) in [5.41, 5.74) is 0. The van der Waals surface area contributed by atoms with Gasteiger partial charge in [-0.3, -0.25) is 0 Å². The Kier molecular flexibility index (Phi) is 11.4. The van der Waals surface area contributed by atoms with Crippen LogP contribution in [0.15, 0.2) is 0 Å². The van der Waals surface area contributed by atoms with Crippen molar-refractivity contribution in [2.75, 3.05) is 26.4 Å². The van der Waals surface area contributed by atoms with Crippen molar-refractivity contribution in [3.8, 4) is 0 Å². The molecule has 0 radical (unpaired) electrons. The number of aliphatic hydroxyl groups excluding tert-OH is 3. The minimum atomic E-state index is -2.78. The fourth-order valence-corrected chi connectivity index (χ4v) is 0.578. The highest BCUT2D eigenvalue weighted by Gasteiger charge is 2.19. The molecule has 0 atom stereocenters. The van der Waals surface area contributed by atoms with E-state index in [2.05, 4.69) is 4.74 Å². The van der Waals surface area contributed by atoms with Crippen molar-refractivity contribution in [1.82, 2.24) is 0 Å². The highest BCUT2D eigenvalue weighted by atomic mass is 16.7. The number of hydrogen-bond acceptors (Lipinski definition) is 10. The van der Waals surface area contributed by atoms with E-state index in [1.807, 2.05) is 0 Å². The monoisotopic (exact) mass is 290 g/mol. The van der Waals surface area contributed by atoms with Crippen LogP contribution in [0, 0.1) is 0 Å². The van der Waals surface area contributed by atoms with Gasteiger partial charge in [0, 0.05) is 0 Å². The molecule has 0 aliphatic heterocycles. The van der Waals surface area contributed by atoms with E-state index in [9.17, 15) is 0 Å². The molecule has 19 heavy (non-hydrogen) atoms. The highest BCUT2D eigenvalue weighted by molar-refractivity contribution is 4.48. The van der Waals surface area contributed by atoms with E-state index in [1.54, 1.807) is 0 Å². The summed E-state index contributed by atoms with van der Waals surface area (Å²) in [7, 11) is 0. The quantitative estimate of drug-likeness (QED) is 0.155. The van der Waals surface area contributed by atoms with Gasteiger partial charge in [-0.1, -0.05) is 0 Å². The van der Waals surface area contributed by atoms with Crippen LogP contribution in [0.5, 0.6) is 0 Å². The number of ether oxygens (including phenoxy) is 1. The second-order valence-corrected chi connectivity index (χ2v) is 3.68. The Balaban J connectivity index is 0. The molecule has 10 nitrogen and oxygen atoms in total. The summed E-state index contributed by atoms with van der Waals surface area (Å²) in [5.74, 6) is -5.57. The number of hydrogen-bond donors (Lipinski definition) is 9. The van der Waals surface area contributed by atoms with E-state index in [-0.39, 0.29) is 26.4 Å². The Labute approximate surface area is 109 Å². The fourth-order valence-electron chi connectivity index (χ4n) is 0.578. The van der Waals surface area contributed by atoms with Gasteiger partial charge < -0.3 is 50.7 Å². The second-order valence-electron chi connectivity index (χ2n) is 3.68. The zero-order chi connectivity index (χ0) is 15.5. The lowest BCUT2D eigenvalue weighted by Crippen LogP contribution is -2.31. The predicted molar refractivity (Wildman–Crippen MR) is 59.0 cm³/mol. The van der Waals surface area contributed by atoms with Gasteiger partial charge in [-0.15, -0.1) is 0 Å². The molecular formula is C9H22O10. The first-order valence-corrected chi connectivity index (χ1v) is 5.33. The van der Waals surface area contributed by atoms with E-state index in [0.717, 1.165) is 0 Å². The summed E-state index contributed by atoms with van der Waals surface area (Å²) >= 11 is 0. The van der Waals surface area contributed by atoms with Gasteiger partial charge in [-0.25, -0.2) is 0 Å². The molecule has 9 N–H and O–H groups in total. The molecule has 0 aromatic heterocycles. The maximum absolute atomic E-state index is 8.36. The van der Waals surface area contributed by atoms with Gasteiger partial charge in [0.25, 0.3) is 11.9 Å². The molecule has 0 bridgehead atoms. The summed E-state index contributed by atoms with van der Waals surface area (Å²) in [6.45, 7) is -1.09. The Morgan fingerprint density at radius 2 is 1.05 bits per heavy atom. The first kappa shape index (κ1) is 20.9. The van der Waals surface area contributed by atoms with E-state index < -0.39 is 30.9 Å². The summed E-state index contributed by atoms with van der Waals surface area (Å²) < 4.78 is 4.63. The van der Waals surface area contributed by atoms with Crippen molar-refractivity contribution in [1.29, 1.82) is 0 Å². The van der Waals surface area contributed by atoms with Crippen LogP contribution in [0.3, 0.4) is 0 Å². The van der Waals surface area contributed by atoms with Crippen molar-refractivity contribution in [3.05, 3.63) is 0 Å². The summed E-state index contributed by atoms with van der Waals surface area (Å²) in [6, 6.07) is 0. The van der Waals surface area contributed by atoms with E-state index >= 15 is 0 Å². The van der Waals surface area contributed by atoms with Gasteiger partial charge in [-0.2, -0.15) is 0 Å². The average Bonchev–Trinajstić information content (AvgIpc) is 2.25. The molecule has 10 heteroatoms. The van der Waals surface area contributed by atoms with Crippen LogP contribution in [0.25, 0.3) is 0 Å². The smallest absolute Gasteiger partial charge is 0.277 e. The lowest BCUT2D eigenvalue weighted by molar-refractivity contribution is -0.323. The molecule has 118 valence electrons. The Hall–Kier alpha value is -0.400. The standard InChI is InChI=1S/C6H14O7.C3H8O3/c7-5(8,9)1-3-13-4-2-6(10,11)12;4-1-3(6)2-5/h7-12H,1-4H2;3-6H,1-2H2. The average molecular weight is 290 g/mol. The minimum absolute atomic E-state index is 0.181. The normalized spacial score (nSPS) is 12.3. The van der Waals surface area contributed by atoms with Crippen molar-refractivity contribution in [2.24, 2.45) is 0 Å². The van der Waals surface area contributed by atoms with Crippen LogP contribution in [0.1, 0.15) is 12.8 Å². The summed E-state index contributed by atoms with van der Waals surface area (Å²) in [5, 5.41) is 74.2. The zero-order valence-electron chi connectivity index (χ0n) is 10.3. The van der Waals surface area contributed by atoms with Crippen LogP contribution in [0.4, 0.5) is 0 Å². The summed E-state index contributed by atoms with van der Waals surface area (Å²) in [4.78, 5) is 0. The van der Waals surface area contributed by atoms with Crippen molar-refractivity contribution < 1.29 is 50.7 Å². The lowest BCUT2D eigenvalue weighted by Gasteiger charge is -2.15. The van der Waals surface area contributed by atoms with Crippen LogP contribution in [-0.4, -0.2) is 90.4 Å². The van der Waals surface area contributed by atoms with E-state index in [4.69, 9.17) is 46.0 Å². The van der Waals surface area contributed by atoms with Gasteiger partial charge in [0.15, 0.2) is 0 Å². The molecule has 0 amide bonds. The Morgan fingerprint density at radius 3 is 1.21 bits per heavy atom. The third-order valence-corrected chi connectivity index (χ3v) is 1.59. The molecule has 0 aromatic rings. The Bertz CT molecular complexity index is 176. The summed E-state index contributed by atoms with van der Waals surface area (Å²) in [6.07, 6.45) is -1.81. The number of aliphatic hydroxyl groups is 9.